The molecule has 2 aliphatic rings. The highest BCUT2D eigenvalue weighted by atomic mass is 127. The topological polar surface area (TPSA) is 68.0 Å². The van der Waals surface area contributed by atoms with Gasteiger partial charge in [-0.25, -0.2) is 0 Å². The Morgan fingerprint density at radius 1 is 1.33 bits per heavy atom. The van der Waals surface area contributed by atoms with E-state index in [9.17, 15) is 0 Å². The van der Waals surface area contributed by atoms with Gasteiger partial charge in [-0.2, -0.15) is 0 Å². The molecule has 0 spiro atoms. The molecular formula is C23H34IN3O3. The summed E-state index contributed by atoms with van der Waals surface area (Å²) < 4.78 is 17.8. The molecule has 1 saturated carbocycles. The highest BCUT2D eigenvalue weighted by Gasteiger charge is 2.59. The van der Waals surface area contributed by atoms with Gasteiger partial charge in [0.15, 0.2) is 17.3 Å². The minimum atomic E-state index is -0.0199. The Kier molecular flexibility index (Phi) is 7.22. The highest BCUT2D eigenvalue weighted by Crippen LogP contribution is 2.52. The van der Waals surface area contributed by atoms with Gasteiger partial charge in [0, 0.05) is 35.9 Å². The van der Waals surface area contributed by atoms with Crippen LogP contribution in [0.1, 0.15) is 52.8 Å². The second-order valence-corrected chi connectivity index (χ2v) is 8.63. The van der Waals surface area contributed by atoms with Gasteiger partial charge in [-0.3, -0.25) is 4.99 Å². The number of nitrogens with zero attached hydrogens (tertiary/aromatic N) is 1. The average Bonchev–Trinajstić information content (AvgIpc) is 3.33. The fourth-order valence-electron chi connectivity index (χ4n) is 4.87. The first kappa shape index (κ1) is 23.2. The van der Waals surface area contributed by atoms with Crippen molar-refractivity contribution in [3.05, 3.63) is 30.0 Å². The zero-order valence-electron chi connectivity index (χ0n) is 18.5. The number of ether oxygens (including phenoxy) is 2. The molecule has 0 radical (unpaired) electrons. The fourth-order valence-corrected chi connectivity index (χ4v) is 4.87. The third kappa shape index (κ3) is 4.15. The van der Waals surface area contributed by atoms with Crippen molar-refractivity contribution in [3.8, 4) is 5.75 Å². The molecule has 1 aliphatic carbocycles. The van der Waals surface area contributed by atoms with Gasteiger partial charge in [-0.15, -0.1) is 24.0 Å². The Bertz CT molecular complexity index is 895. The van der Waals surface area contributed by atoms with E-state index in [1.807, 2.05) is 25.1 Å². The number of benzene rings is 1. The summed E-state index contributed by atoms with van der Waals surface area (Å²) in [6.07, 6.45) is 1.47. The lowest BCUT2D eigenvalue weighted by Crippen LogP contribution is -2.68. The van der Waals surface area contributed by atoms with Gasteiger partial charge < -0.3 is 24.5 Å². The summed E-state index contributed by atoms with van der Waals surface area (Å²) in [4.78, 5) is 4.68. The summed E-state index contributed by atoms with van der Waals surface area (Å²) in [5, 5.41) is 8.25. The van der Waals surface area contributed by atoms with Crippen LogP contribution in [-0.2, 0) is 4.74 Å². The summed E-state index contributed by atoms with van der Waals surface area (Å²) in [5.74, 6) is 3.04. The zero-order chi connectivity index (χ0) is 20.6. The predicted octanol–water partition coefficient (Wildman–Crippen LogP) is 4.88. The van der Waals surface area contributed by atoms with Crippen LogP contribution in [0.3, 0.4) is 0 Å². The standard InChI is InChI=1S/C23H33N3O3.HI/c1-6-24-22(26-20-16-11-12-28-21(16)23(20,4)5)25-14(3)18-13-15-9-8-10-17(27-7-2)19(15)29-18;/h8-10,13-14,16,20-21H,6-7,11-12H2,1-5H3,(H2,24,25,26);1H. The normalized spacial score (nSPS) is 25.8. The van der Waals surface area contributed by atoms with Gasteiger partial charge in [0.05, 0.1) is 18.8 Å². The van der Waals surface area contributed by atoms with Crippen LogP contribution in [-0.4, -0.2) is 37.9 Å². The number of fused-ring (bicyclic) bond motifs is 2. The van der Waals surface area contributed by atoms with Crippen molar-refractivity contribution >= 4 is 40.9 Å². The van der Waals surface area contributed by atoms with Crippen LogP contribution in [0, 0.1) is 11.3 Å². The van der Waals surface area contributed by atoms with Crippen LogP contribution < -0.4 is 15.4 Å². The SMILES string of the molecule is CCN=C(NC(C)c1cc2cccc(OCC)c2o1)NC1C2CCOC2C1(C)C.I. The third-order valence-electron chi connectivity index (χ3n) is 6.32. The summed E-state index contributed by atoms with van der Waals surface area (Å²) >= 11 is 0. The number of para-hydroxylation sites is 1. The van der Waals surface area contributed by atoms with E-state index in [0.717, 1.165) is 41.5 Å². The van der Waals surface area contributed by atoms with Crippen molar-refractivity contribution in [2.24, 2.45) is 16.3 Å². The lowest BCUT2D eigenvalue weighted by atomic mass is 9.57. The average molecular weight is 527 g/mol. The number of rotatable bonds is 6. The number of hydrogen-bond acceptors (Lipinski definition) is 4. The quantitative estimate of drug-likeness (QED) is 0.319. The molecule has 7 heteroatoms. The van der Waals surface area contributed by atoms with Gasteiger partial charge >= 0.3 is 0 Å². The lowest BCUT2D eigenvalue weighted by Gasteiger charge is -2.55. The largest absolute Gasteiger partial charge is 0.490 e. The van der Waals surface area contributed by atoms with Crippen molar-refractivity contribution < 1.29 is 13.9 Å². The van der Waals surface area contributed by atoms with Crippen LogP contribution in [0.4, 0.5) is 0 Å². The minimum absolute atomic E-state index is 0. The van der Waals surface area contributed by atoms with Crippen LogP contribution in [0.5, 0.6) is 5.75 Å². The first-order valence-corrected chi connectivity index (χ1v) is 10.8. The molecule has 166 valence electrons. The molecule has 1 aromatic carbocycles. The summed E-state index contributed by atoms with van der Waals surface area (Å²) in [6, 6.07) is 8.41. The molecule has 2 heterocycles. The molecule has 1 aliphatic heterocycles. The maximum atomic E-state index is 6.16. The summed E-state index contributed by atoms with van der Waals surface area (Å²) in [5.41, 5.74) is 0.901. The van der Waals surface area contributed by atoms with E-state index in [2.05, 4.69) is 49.4 Å². The predicted molar refractivity (Wildman–Crippen MR) is 131 cm³/mol. The van der Waals surface area contributed by atoms with Crippen LogP contribution in [0.15, 0.2) is 33.7 Å². The Morgan fingerprint density at radius 2 is 2.13 bits per heavy atom. The molecule has 0 bridgehead atoms. The van der Waals surface area contributed by atoms with E-state index in [1.54, 1.807) is 0 Å². The lowest BCUT2D eigenvalue weighted by molar-refractivity contribution is -0.106. The number of nitrogens with one attached hydrogen (secondary N) is 2. The minimum Gasteiger partial charge on any atom is -0.490 e. The van der Waals surface area contributed by atoms with Crippen molar-refractivity contribution in [2.45, 2.75) is 59.2 Å². The van der Waals surface area contributed by atoms with Gasteiger partial charge in [0.2, 0.25) is 0 Å². The fraction of sp³-hybridized carbons (Fsp3) is 0.609. The van der Waals surface area contributed by atoms with E-state index in [-0.39, 0.29) is 35.4 Å². The molecular weight excluding hydrogens is 493 g/mol. The maximum absolute atomic E-state index is 6.16. The number of furan rings is 1. The van der Waals surface area contributed by atoms with Crippen molar-refractivity contribution in [1.82, 2.24) is 10.6 Å². The summed E-state index contributed by atoms with van der Waals surface area (Å²) in [6.45, 7) is 12.9. The molecule has 2 N–H and O–H groups in total. The highest BCUT2D eigenvalue weighted by molar-refractivity contribution is 14.0. The molecule has 1 aromatic heterocycles. The first-order chi connectivity index (χ1) is 14.0. The molecule has 2 fully saturated rings. The molecule has 30 heavy (non-hydrogen) atoms. The van der Waals surface area contributed by atoms with Crippen molar-refractivity contribution in [3.63, 3.8) is 0 Å². The van der Waals surface area contributed by atoms with E-state index in [0.29, 0.717) is 31.2 Å². The molecule has 6 nitrogen and oxygen atoms in total. The summed E-state index contributed by atoms with van der Waals surface area (Å²) in [7, 11) is 0. The second kappa shape index (κ2) is 9.34. The number of guanidine groups is 1. The third-order valence-corrected chi connectivity index (χ3v) is 6.32. The van der Waals surface area contributed by atoms with E-state index in [1.165, 1.54) is 0 Å². The molecule has 0 amide bonds. The van der Waals surface area contributed by atoms with Gasteiger partial charge in [0.25, 0.3) is 0 Å². The molecule has 1 saturated heterocycles. The Balaban J connectivity index is 0.00000256. The number of aliphatic imine (C=N–C) groups is 1. The van der Waals surface area contributed by atoms with Crippen molar-refractivity contribution in [1.29, 1.82) is 0 Å². The maximum Gasteiger partial charge on any atom is 0.192 e. The van der Waals surface area contributed by atoms with E-state index in [4.69, 9.17) is 13.9 Å². The van der Waals surface area contributed by atoms with Crippen LogP contribution >= 0.6 is 24.0 Å². The molecule has 2 aromatic rings. The second-order valence-electron chi connectivity index (χ2n) is 8.63. The monoisotopic (exact) mass is 527 g/mol. The van der Waals surface area contributed by atoms with Gasteiger partial charge in [-0.1, -0.05) is 26.0 Å². The van der Waals surface area contributed by atoms with Crippen molar-refractivity contribution in [2.75, 3.05) is 19.8 Å². The van der Waals surface area contributed by atoms with Gasteiger partial charge in [-0.05, 0) is 39.3 Å². The Labute approximate surface area is 196 Å². The Morgan fingerprint density at radius 3 is 2.87 bits per heavy atom. The van der Waals surface area contributed by atoms with Crippen LogP contribution in [0.2, 0.25) is 0 Å². The Hall–Kier alpha value is -1.48. The molecule has 4 atom stereocenters. The number of hydrogen-bond donors (Lipinski definition) is 2. The number of halogens is 1. The smallest absolute Gasteiger partial charge is 0.192 e. The van der Waals surface area contributed by atoms with E-state index < -0.39 is 0 Å². The van der Waals surface area contributed by atoms with E-state index >= 15 is 0 Å². The molecule has 4 unspecified atom stereocenters. The van der Waals surface area contributed by atoms with Gasteiger partial charge in [0.1, 0.15) is 5.76 Å². The van der Waals surface area contributed by atoms with Crippen LogP contribution in [0.25, 0.3) is 11.0 Å². The zero-order valence-corrected chi connectivity index (χ0v) is 20.9. The first-order valence-electron chi connectivity index (χ1n) is 10.8. The molecule has 4 rings (SSSR count).